The molecule has 0 spiro atoms. The first-order valence-electron chi connectivity index (χ1n) is 12.2. The average Bonchev–Trinajstić information content (AvgIpc) is 3.05. The second-order valence-electron chi connectivity index (χ2n) is 11.4. The molecular weight excluding hydrogens is 402 g/mol. The second kappa shape index (κ2) is 8.39. The fourth-order valence-electron chi connectivity index (χ4n) is 8.53. The van der Waals surface area contributed by atoms with Crippen LogP contribution >= 0.6 is 0 Å². The number of ketones is 1. The molecule has 0 radical (unpaired) electrons. The Morgan fingerprint density at radius 2 is 1.68 bits per heavy atom. The third kappa shape index (κ3) is 3.95. The standard InChI is InChI=1S/C25H38F2O4/c1-14(28)31-16-8-10-24(2)15(12-16)4-5-17-18-6-7-20(21(29)13-22(30)23(26)27)25(18,3)11-9-19(17)24/h15-20,22-23,30H,4-13H2,1-3H3/t15-,16+,17+,18+,19+,20-,22+,24+,25+/m1/s1. The summed E-state index contributed by atoms with van der Waals surface area (Å²) < 4.78 is 31.1. The van der Waals surface area contributed by atoms with E-state index < -0.39 is 19.0 Å². The van der Waals surface area contributed by atoms with Crippen LogP contribution in [-0.4, -0.2) is 35.5 Å². The van der Waals surface area contributed by atoms with Gasteiger partial charge in [0.2, 0.25) is 0 Å². The van der Waals surface area contributed by atoms with Crippen LogP contribution in [0.5, 0.6) is 0 Å². The molecule has 0 unspecified atom stereocenters. The van der Waals surface area contributed by atoms with E-state index in [1.165, 1.54) is 6.92 Å². The first-order valence-corrected chi connectivity index (χ1v) is 12.2. The van der Waals surface area contributed by atoms with Gasteiger partial charge in [0.05, 0.1) is 0 Å². The highest BCUT2D eigenvalue weighted by atomic mass is 19.3. The number of carbonyl (C=O) groups is 2. The number of ether oxygens (including phenoxy) is 1. The Morgan fingerprint density at radius 1 is 1.00 bits per heavy atom. The number of rotatable bonds is 5. The number of hydrogen-bond donors (Lipinski definition) is 1. The largest absolute Gasteiger partial charge is 0.463 e. The number of aliphatic hydroxyl groups is 1. The molecule has 4 aliphatic carbocycles. The Labute approximate surface area is 184 Å². The number of Topliss-reactive ketones (excluding diaryl/α,β-unsaturated/α-hetero) is 1. The van der Waals surface area contributed by atoms with Crippen molar-refractivity contribution in [1.29, 1.82) is 0 Å². The molecule has 4 saturated carbocycles. The molecule has 4 nitrogen and oxygen atoms in total. The molecule has 4 aliphatic rings. The summed E-state index contributed by atoms with van der Waals surface area (Å²) >= 11 is 0. The van der Waals surface area contributed by atoms with Gasteiger partial charge in [-0.25, -0.2) is 8.78 Å². The van der Waals surface area contributed by atoms with Gasteiger partial charge in [-0.05, 0) is 92.3 Å². The summed E-state index contributed by atoms with van der Waals surface area (Å²) in [5.74, 6) is 1.71. The minimum atomic E-state index is -2.86. The first-order chi connectivity index (χ1) is 14.6. The molecule has 1 N–H and O–H groups in total. The van der Waals surface area contributed by atoms with Crippen molar-refractivity contribution in [3.63, 3.8) is 0 Å². The van der Waals surface area contributed by atoms with Crippen molar-refractivity contribution >= 4 is 11.8 Å². The van der Waals surface area contributed by atoms with Gasteiger partial charge < -0.3 is 9.84 Å². The van der Waals surface area contributed by atoms with Crippen LogP contribution < -0.4 is 0 Å². The molecule has 0 aliphatic heterocycles. The summed E-state index contributed by atoms with van der Waals surface area (Å²) in [5.41, 5.74) is 0.132. The van der Waals surface area contributed by atoms with Crippen LogP contribution in [-0.2, 0) is 14.3 Å². The molecule has 31 heavy (non-hydrogen) atoms. The number of aliphatic hydroxyl groups excluding tert-OH is 1. The summed E-state index contributed by atoms with van der Waals surface area (Å²) in [7, 11) is 0. The highest BCUT2D eigenvalue weighted by Gasteiger charge is 2.61. The van der Waals surface area contributed by atoms with Crippen LogP contribution in [0.25, 0.3) is 0 Å². The van der Waals surface area contributed by atoms with E-state index in [2.05, 4.69) is 13.8 Å². The van der Waals surface area contributed by atoms with Gasteiger partial charge in [0.25, 0.3) is 6.43 Å². The third-order valence-electron chi connectivity index (χ3n) is 10.0. The molecule has 0 aromatic heterocycles. The lowest BCUT2D eigenvalue weighted by Crippen LogP contribution is -2.54. The van der Waals surface area contributed by atoms with Crippen molar-refractivity contribution in [1.82, 2.24) is 0 Å². The molecule has 0 heterocycles. The highest BCUT2D eigenvalue weighted by Crippen LogP contribution is 2.67. The van der Waals surface area contributed by atoms with E-state index in [9.17, 15) is 23.5 Å². The zero-order valence-corrected chi connectivity index (χ0v) is 19.1. The number of carbonyl (C=O) groups excluding carboxylic acids is 2. The lowest BCUT2D eigenvalue weighted by atomic mass is 9.44. The minimum absolute atomic E-state index is 0.0516. The van der Waals surface area contributed by atoms with Gasteiger partial charge in [-0.15, -0.1) is 0 Å². The van der Waals surface area contributed by atoms with Crippen molar-refractivity contribution in [2.75, 3.05) is 0 Å². The normalized spacial score (nSPS) is 45.4. The maximum absolute atomic E-state index is 12.9. The van der Waals surface area contributed by atoms with E-state index in [0.717, 1.165) is 57.8 Å². The summed E-state index contributed by atoms with van der Waals surface area (Å²) in [6.45, 7) is 6.15. The van der Waals surface area contributed by atoms with E-state index in [-0.39, 0.29) is 34.6 Å². The molecule has 0 aromatic rings. The monoisotopic (exact) mass is 440 g/mol. The number of alkyl halides is 2. The van der Waals surface area contributed by atoms with Gasteiger partial charge in [-0.1, -0.05) is 13.8 Å². The van der Waals surface area contributed by atoms with E-state index in [1.54, 1.807) is 0 Å². The Kier molecular flexibility index (Phi) is 6.26. The van der Waals surface area contributed by atoms with Crippen LogP contribution in [0.1, 0.15) is 85.0 Å². The summed E-state index contributed by atoms with van der Waals surface area (Å²) in [4.78, 5) is 24.3. The zero-order chi connectivity index (χ0) is 22.6. The average molecular weight is 441 g/mol. The van der Waals surface area contributed by atoms with Crippen LogP contribution in [0.2, 0.25) is 0 Å². The van der Waals surface area contributed by atoms with Gasteiger partial charge in [0.15, 0.2) is 0 Å². The number of hydrogen-bond acceptors (Lipinski definition) is 4. The summed E-state index contributed by atoms with van der Waals surface area (Å²) in [6.07, 6.45) is 4.04. The minimum Gasteiger partial charge on any atom is -0.463 e. The molecule has 0 bridgehead atoms. The van der Waals surface area contributed by atoms with E-state index in [0.29, 0.717) is 23.7 Å². The van der Waals surface area contributed by atoms with Gasteiger partial charge in [-0.2, -0.15) is 0 Å². The zero-order valence-electron chi connectivity index (χ0n) is 19.1. The molecule has 0 aromatic carbocycles. The highest BCUT2D eigenvalue weighted by molar-refractivity contribution is 5.82. The SMILES string of the molecule is CC(=O)O[C@H]1CC[C@@]2(C)[C@H](CC[C@@H]3[C@@H]2CC[C@]2(C)[C@@H](C(=O)C[C@H](O)C(F)F)CC[C@@H]32)C1. The van der Waals surface area contributed by atoms with Crippen molar-refractivity contribution < 1.29 is 28.2 Å². The molecule has 0 amide bonds. The maximum Gasteiger partial charge on any atom is 0.302 e. The molecule has 0 saturated heterocycles. The Hall–Kier alpha value is -1.04. The maximum atomic E-state index is 12.9. The van der Waals surface area contributed by atoms with Gasteiger partial charge in [0.1, 0.15) is 18.0 Å². The molecule has 9 atom stereocenters. The molecule has 6 heteroatoms. The summed E-state index contributed by atoms with van der Waals surface area (Å²) in [5, 5.41) is 9.56. The van der Waals surface area contributed by atoms with Crippen molar-refractivity contribution in [3.8, 4) is 0 Å². The summed E-state index contributed by atoms with van der Waals surface area (Å²) in [6, 6.07) is 0. The third-order valence-corrected chi connectivity index (χ3v) is 10.0. The molecular formula is C25H38F2O4. The van der Waals surface area contributed by atoms with Crippen LogP contribution in [0.3, 0.4) is 0 Å². The number of fused-ring (bicyclic) bond motifs is 5. The van der Waals surface area contributed by atoms with E-state index in [1.807, 2.05) is 0 Å². The fourth-order valence-corrected chi connectivity index (χ4v) is 8.53. The molecule has 176 valence electrons. The predicted molar refractivity (Wildman–Crippen MR) is 112 cm³/mol. The van der Waals surface area contributed by atoms with Gasteiger partial charge >= 0.3 is 5.97 Å². The Balaban J connectivity index is 1.47. The van der Waals surface area contributed by atoms with Crippen molar-refractivity contribution in [2.45, 2.75) is 104 Å². The molecule has 4 fully saturated rings. The van der Waals surface area contributed by atoms with Gasteiger partial charge in [0, 0.05) is 19.3 Å². The van der Waals surface area contributed by atoms with E-state index >= 15 is 0 Å². The Morgan fingerprint density at radius 3 is 2.35 bits per heavy atom. The lowest BCUT2D eigenvalue weighted by molar-refractivity contribution is -0.161. The fraction of sp³-hybridized carbons (Fsp3) is 0.920. The second-order valence-corrected chi connectivity index (χ2v) is 11.4. The van der Waals surface area contributed by atoms with Crippen molar-refractivity contribution in [3.05, 3.63) is 0 Å². The van der Waals surface area contributed by atoms with Crippen LogP contribution in [0, 0.1) is 40.4 Å². The number of esters is 1. The first kappa shape index (κ1) is 23.1. The predicted octanol–water partition coefficient (Wildman–Crippen LogP) is 5.16. The molecule has 4 rings (SSSR count). The van der Waals surface area contributed by atoms with Crippen LogP contribution in [0.4, 0.5) is 8.78 Å². The quantitative estimate of drug-likeness (QED) is 0.600. The van der Waals surface area contributed by atoms with Crippen LogP contribution in [0.15, 0.2) is 0 Å². The Bertz CT molecular complexity index is 712. The lowest BCUT2D eigenvalue weighted by Gasteiger charge is -2.61. The van der Waals surface area contributed by atoms with E-state index in [4.69, 9.17) is 4.74 Å². The van der Waals surface area contributed by atoms with Gasteiger partial charge in [-0.3, -0.25) is 9.59 Å². The van der Waals surface area contributed by atoms with Crippen molar-refractivity contribution in [2.24, 2.45) is 40.4 Å². The number of halogens is 2. The smallest absolute Gasteiger partial charge is 0.302 e. The topological polar surface area (TPSA) is 63.6 Å².